The summed E-state index contributed by atoms with van der Waals surface area (Å²) in [5.74, 6) is -0.246. The van der Waals surface area contributed by atoms with Gasteiger partial charge in [0.2, 0.25) is 0 Å². The van der Waals surface area contributed by atoms with Gasteiger partial charge in [0.25, 0.3) is 0 Å². The lowest BCUT2D eigenvalue weighted by Crippen LogP contribution is -2.43. The lowest BCUT2D eigenvalue weighted by atomic mass is 9.89. The van der Waals surface area contributed by atoms with Gasteiger partial charge in [0.05, 0.1) is 19.3 Å². The molecule has 0 bridgehead atoms. The Bertz CT molecular complexity index is 272. The normalized spacial score (nSPS) is 24.3. The highest BCUT2D eigenvalue weighted by Gasteiger charge is 2.40. The maximum atomic E-state index is 8.53. The maximum Gasteiger partial charge on any atom is 0.168 e. The SMILES string of the molecule is CN(CCCC#N)C1CCC2(CC1)OCCO2. The number of hydrogen-bond donors (Lipinski definition) is 0. The molecule has 2 aliphatic rings. The average Bonchev–Trinajstić information content (AvgIpc) is 2.79. The van der Waals surface area contributed by atoms with Crippen LogP contribution in [0.25, 0.3) is 0 Å². The number of nitriles is 1. The highest BCUT2D eigenvalue weighted by Crippen LogP contribution is 2.37. The second kappa shape index (κ2) is 5.81. The monoisotopic (exact) mass is 238 g/mol. The Kier molecular flexibility index (Phi) is 4.38. The molecule has 1 heterocycles. The number of ether oxygens (including phenoxy) is 2. The van der Waals surface area contributed by atoms with Gasteiger partial charge in [0.15, 0.2) is 5.79 Å². The van der Waals surface area contributed by atoms with E-state index in [4.69, 9.17) is 14.7 Å². The first-order chi connectivity index (χ1) is 8.26. The zero-order valence-electron chi connectivity index (χ0n) is 10.7. The van der Waals surface area contributed by atoms with E-state index in [9.17, 15) is 0 Å². The van der Waals surface area contributed by atoms with E-state index in [1.54, 1.807) is 0 Å². The molecule has 0 unspecified atom stereocenters. The second-order valence-electron chi connectivity index (χ2n) is 5.08. The molecule has 0 aromatic heterocycles. The number of hydrogen-bond acceptors (Lipinski definition) is 4. The first-order valence-electron chi connectivity index (χ1n) is 6.61. The van der Waals surface area contributed by atoms with Crippen LogP contribution in [0.1, 0.15) is 38.5 Å². The average molecular weight is 238 g/mol. The summed E-state index contributed by atoms with van der Waals surface area (Å²) in [5.41, 5.74) is 0. The van der Waals surface area contributed by atoms with Crippen molar-refractivity contribution < 1.29 is 9.47 Å². The van der Waals surface area contributed by atoms with Crippen LogP contribution in [0.5, 0.6) is 0 Å². The molecule has 1 aliphatic carbocycles. The zero-order chi connectivity index (χ0) is 12.1. The molecule has 0 aromatic carbocycles. The van der Waals surface area contributed by atoms with Crippen LogP contribution in [0, 0.1) is 11.3 Å². The van der Waals surface area contributed by atoms with Crippen LogP contribution in [0.4, 0.5) is 0 Å². The van der Waals surface area contributed by atoms with Crippen LogP contribution in [-0.2, 0) is 9.47 Å². The van der Waals surface area contributed by atoms with Gasteiger partial charge in [0.1, 0.15) is 0 Å². The summed E-state index contributed by atoms with van der Waals surface area (Å²) in [6, 6.07) is 2.83. The van der Waals surface area contributed by atoms with Crippen LogP contribution in [-0.4, -0.2) is 43.5 Å². The molecule has 1 spiro atoms. The molecule has 2 fully saturated rings. The van der Waals surface area contributed by atoms with Crippen molar-refractivity contribution in [2.45, 2.75) is 50.4 Å². The molecule has 0 N–H and O–H groups in total. The third-order valence-corrected chi connectivity index (χ3v) is 3.95. The molecule has 96 valence electrons. The predicted octanol–water partition coefficient (Wildman–Crippen LogP) is 1.91. The van der Waals surface area contributed by atoms with Crippen LogP contribution in [0.3, 0.4) is 0 Å². The first-order valence-corrected chi connectivity index (χ1v) is 6.61. The summed E-state index contributed by atoms with van der Waals surface area (Å²) in [5, 5.41) is 8.53. The molecule has 0 aromatic rings. The van der Waals surface area contributed by atoms with E-state index in [1.807, 2.05) is 0 Å². The fourth-order valence-corrected chi connectivity index (χ4v) is 2.86. The first kappa shape index (κ1) is 12.8. The standard InChI is InChI=1S/C13H22N2O2/c1-15(9-3-2-8-14)12-4-6-13(7-5-12)16-10-11-17-13/h12H,2-7,9-11H2,1H3. The van der Waals surface area contributed by atoms with Crippen molar-refractivity contribution in [1.82, 2.24) is 4.90 Å². The quantitative estimate of drug-likeness (QED) is 0.702. The van der Waals surface area contributed by atoms with E-state index in [2.05, 4.69) is 18.0 Å². The highest BCUT2D eigenvalue weighted by molar-refractivity contribution is 4.86. The molecule has 0 atom stereocenters. The molecule has 0 amide bonds. The molecule has 4 nitrogen and oxygen atoms in total. The van der Waals surface area contributed by atoms with Gasteiger partial charge < -0.3 is 14.4 Å². The van der Waals surface area contributed by atoms with Crippen LogP contribution in [0.2, 0.25) is 0 Å². The third kappa shape index (κ3) is 3.19. The topological polar surface area (TPSA) is 45.5 Å². The van der Waals surface area contributed by atoms with Gasteiger partial charge in [-0.25, -0.2) is 0 Å². The van der Waals surface area contributed by atoms with Crippen molar-refractivity contribution in [3.05, 3.63) is 0 Å². The Morgan fingerprint density at radius 3 is 2.53 bits per heavy atom. The van der Waals surface area contributed by atoms with Gasteiger partial charge in [-0.05, 0) is 32.9 Å². The highest BCUT2D eigenvalue weighted by atomic mass is 16.7. The number of rotatable bonds is 4. The van der Waals surface area contributed by atoms with Crippen molar-refractivity contribution in [2.24, 2.45) is 0 Å². The minimum atomic E-state index is -0.246. The summed E-state index contributed by atoms with van der Waals surface area (Å²) in [6.07, 6.45) is 5.95. The van der Waals surface area contributed by atoms with Gasteiger partial charge in [0, 0.05) is 25.3 Å². The van der Waals surface area contributed by atoms with Crippen molar-refractivity contribution >= 4 is 0 Å². The van der Waals surface area contributed by atoms with Crippen LogP contribution < -0.4 is 0 Å². The van der Waals surface area contributed by atoms with E-state index in [0.29, 0.717) is 12.5 Å². The Morgan fingerprint density at radius 2 is 1.94 bits per heavy atom. The summed E-state index contributed by atoms with van der Waals surface area (Å²) in [6.45, 7) is 2.53. The Labute approximate surface area is 103 Å². The molecule has 1 aliphatic heterocycles. The lowest BCUT2D eigenvalue weighted by Gasteiger charge is -2.39. The largest absolute Gasteiger partial charge is 0.348 e. The summed E-state index contributed by atoms with van der Waals surface area (Å²) >= 11 is 0. The molecule has 17 heavy (non-hydrogen) atoms. The zero-order valence-corrected chi connectivity index (χ0v) is 10.7. The molecular weight excluding hydrogens is 216 g/mol. The van der Waals surface area contributed by atoms with E-state index >= 15 is 0 Å². The van der Waals surface area contributed by atoms with Gasteiger partial charge in [-0.2, -0.15) is 5.26 Å². The minimum absolute atomic E-state index is 0.246. The second-order valence-corrected chi connectivity index (χ2v) is 5.08. The van der Waals surface area contributed by atoms with Gasteiger partial charge in [-0.15, -0.1) is 0 Å². The summed E-state index contributed by atoms with van der Waals surface area (Å²) in [4.78, 5) is 2.39. The fraction of sp³-hybridized carbons (Fsp3) is 0.923. The lowest BCUT2D eigenvalue weighted by molar-refractivity contribution is -0.183. The molecule has 2 rings (SSSR count). The van der Waals surface area contributed by atoms with Crippen molar-refractivity contribution in [2.75, 3.05) is 26.8 Å². The van der Waals surface area contributed by atoms with Crippen molar-refractivity contribution in [3.8, 4) is 6.07 Å². The predicted molar refractivity (Wildman–Crippen MR) is 64.4 cm³/mol. The minimum Gasteiger partial charge on any atom is -0.348 e. The maximum absolute atomic E-state index is 8.53. The smallest absolute Gasteiger partial charge is 0.168 e. The van der Waals surface area contributed by atoms with E-state index in [1.165, 1.54) is 0 Å². The molecule has 1 saturated carbocycles. The number of nitrogens with zero attached hydrogens (tertiary/aromatic N) is 2. The number of unbranched alkanes of at least 4 members (excludes halogenated alkanes) is 1. The molecule has 0 radical (unpaired) electrons. The van der Waals surface area contributed by atoms with Gasteiger partial charge >= 0.3 is 0 Å². The van der Waals surface area contributed by atoms with E-state index < -0.39 is 0 Å². The van der Waals surface area contributed by atoms with Crippen LogP contribution in [0.15, 0.2) is 0 Å². The van der Waals surface area contributed by atoms with E-state index in [0.717, 1.165) is 51.9 Å². The Balaban J connectivity index is 1.72. The van der Waals surface area contributed by atoms with E-state index in [-0.39, 0.29) is 5.79 Å². The van der Waals surface area contributed by atoms with Gasteiger partial charge in [-0.1, -0.05) is 0 Å². The molecule has 1 saturated heterocycles. The van der Waals surface area contributed by atoms with Crippen molar-refractivity contribution in [3.63, 3.8) is 0 Å². The van der Waals surface area contributed by atoms with Crippen molar-refractivity contribution in [1.29, 1.82) is 5.26 Å². The Hall–Kier alpha value is -0.630. The molecular formula is C13H22N2O2. The van der Waals surface area contributed by atoms with Crippen LogP contribution >= 0.6 is 0 Å². The fourth-order valence-electron chi connectivity index (χ4n) is 2.86. The van der Waals surface area contributed by atoms with Gasteiger partial charge in [-0.3, -0.25) is 0 Å². The third-order valence-electron chi connectivity index (χ3n) is 3.95. The summed E-state index contributed by atoms with van der Waals surface area (Å²) < 4.78 is 11.4. The Morgan fingerprint density at radius 1 is 1.29 bits per heavy atom. The summed E-state index contributed by atoms with van der Waals surface area (Å²) in [7, 11) is 2.16. The molecule has 4 heteroatoms.